The van der Waals surface area contributed by atoms with E-state index in [1.807, 2.05) is 6.92 Å². The monoisotopic (exact) mass is 552 g/mol. The largest absolute Gasteiger partial charge is 0.480 e. The number of thioether (sulfide) groups is 1. The third kappa shape index (κ3) is 5.03. The molecule has 0 saturated heterocycles. The number of ether oxygens (including phenoxy) is 1. The highest BCUT2D eigenvalue weighted by molar-refractivity contribution is 7.99. The van der Waals surface area contributed by atoms with Gasteiger partial charge in [0.05, 0.1) is 0 Å². The Labute approximate surface area is 219 Å². The van der Waals surface area contributed by atoms with Gasteiger partial charge >= 0.3 is 5.97 Å². The maximum Gasteiger partial charge on any atom is 0.329 e. The third-order valence-electron chi connectivity index (χ3n) is 6.63. The number of anilines is 1. The van der Waals surface area contributed by atoms with Crippen LogP contribution in [0.1, 0.15) is 37.3 Å². The van der Waals surface area contributed by atoms with Crippen molar-refractivity contribution in [3.05, 3.63) is 35.4 Å². The second-order valence-electron chi connectivity index (χ2n) is 9.31. The van der Waals surface area contributed by atoms with E-state index >= 15 is 0 Å². The molecule has 15 heteroatoms. The second-order valence-corrected chi connectivity index (χ2v) is 10.4. The van der Waals surface area contributed by atoms with Gasteiger partial charge in [-0.05, 0) is 30.5 Å². The van der Waals surface area contributed by atoms with Crippen LogP contribution in [0.5, 0.6) is 0 Å². The molecule has 2 heterocycles. The quantitative estimate of drug-likeness (QED) is 0.179. The van der Waals surface area contributed by atoms with Gasteiger partial charge in [0.25, 0.3) is 0 Å². The summed E-state index contributed by atoms with van der Waals surface area (Å²) in [5, 5.41) is 52.7. The van der Waals surface area contributed by atoms with Gasteiger partial charge in [0.2, 0.25) is 0 Å². The number of aliphatic hydroxyl groups excluding tert-OH is 3. The summed E-state index contributed by atoms with van der Waals surface area (Å²) in [6.45, 7) is 1.22. The molecule has 2 aliphatic carbocycles. The first-order chi connectivity index (χ1) is 18.2. The number of nitrogens with one attached hydrogen (secondary N) is 1. The van der Waals surface area contributed by atoms with Gasteiger partial charge in [-0.15, -0.1) is 5.10 Å². The van der Waals surface area contributed by atoms with Crippen LogP contribution in [0.3, 0.4) is 0 Å². The van der Waals surface area contributed by atoms with Crippen LogP contribution in [-0.2, 0) is 9.53 Å². The molecular formula is C23H26F2N6O6S. The van der Waals surface area contributed by atoms with Gasteiger partial charge in [-0.25, -0.2) is 28.2 Å². The number of hydrogen-bond acceptors (Lipinski definition) is 11. The Morgan fingerprint density at radius 3 is 2.68 bits per heavy atom. The van der Waals surface area contributed by atoms with E-state index in [-0.39, 0.29) is 23.1 Å². The molecule has 0 bridgehead atoms. The average molecular weight is 553 g/mol. The van der Waals surface area contributed by atoms with Crippen molar-refractivity contribution in [2.45, 2.75) is 67.3 Å². The van der Waals surface area contributed by atoms with Gasteiger partial charge in [0.1, 0.15) is 37.1 Å². The Morgan fingerprint density at radius 1 is 1.18 bits per heavy atom. The number of carbonyl (C=O) groups is 1. The molecule has 7 unspecified atom stereocenters. The number of rotatable bonds is 10. The zero-order valence-electron chi connectivity index (χ0n) is 20.1. The number of aromatic nitrogens is 5. The highest BCUT2D eigenvalue weighted by atomic mass is 32.2. The molecular weight excluding hydrogens is 526 g/mol. The SMILES string of the molecule is CCCSc1nc(NC2CC2c2ccc(F)c(F)c2)c2nnn(C3C(O)C(O)C(OCC(=O)O)C3O)c2n1. The van der Waals surface area contributed by atoms with Crippen molar-refractivity contribution in [3.8, 4) is 0 Å². The van der Waals surface area contributed by atoms with Crippen LogP contribution in [0.15, 0.2) is 23.4 Å². The molecule has 3 aromatic rings. The summed E-state index contributed by atoms with van der Waals surface area (Å²) in [5.41, 5.74) is 1.07. The van der Waals surface area contributed by atoms with E-state index < -0.39 is 54.7 Å². The van der Waals surface area contributed by atoms with Crippen LogP contribution in [-0.4, -0.2) is 94.2 Å². The normalized spacial score (nSPS) is 28.6. The summed E-state index contributed by atoms with van der Waals surface area (Å²) >= 11 is 1.38. The molecule has 1 aromatic carbocycles. The standard InChI is InChI=1S/C23H26F2N6O6S/c1-2-5-38-23-27-21(26-13-7-10(13)9-3-4-11(24)12(25)6-9)15-22(28-23)31(30-29-15)16-17(34)19(36)20(18(16)35)37-8-14(32)33/h3-4,6,10,13,16-20,34-36H,2,5,7-8H2,1H3,(H,32,33)(H,26,27,28). The molecule has 204 valence electrons. The van der Waals surface area contributed by atoms with Crippen LogP contribution >= 0.6 is 11.8 Å². The van der Waals surface area contributed by atoms with Crippen LogP contribution in [0.2, 0.25) is 0 Å². The zero-order chi connectivity index (χ0) is 27.1. The molecule has 0 amide bonds. The first kappa shape index (κ1) is 26.6. The first-order valence-corrected chi connectivity index (χ1v) is 13.0. The summed E-state index contributed by atoms with van der Waals surface area (Å²) in [4.78, 5) is 20.0. The summed E-state index contributed by atoms with van der Waals surface area (Å²) in [6.07, 6.45) is -4.51. The van der Waals surface area contributed by atoms with Crippen molar-refractivity contribution in [1.29, 1.82) is 0 Å². The van der Waals surface area contributed by atoms with Gasteiger partial charge in [0.15, 0.2) is 33.8 Å². The van der Waals surface area contributed by atoms with E-state index in [4.69, 9.17) is 9.84 Å². The number of hydrogen-bond donors (Lipinski definition) is 5. The lowest BCUT2D eigenvalue weighted by atomic mass is 10.1. The van der Waals surface area contributed by atoms with Crippen molar-refractivity contribution in [2.24, 2.45) is 0 Å². The molecule has 0 aliphatic heterocycles. The Balaban J connectivity index is 1.45. The third-order valence-corrected chi connectivity index (χ3v) is 7.68. The van der Waals surface area contributed by atoms with Crippen LogP contribution < -0.4 is 5.32 Å². The summed E-state index contributed by atoms with van der Waals surface area (Å²) in [5.74, 6) is -2.14. The Bertz CT molecular complexity index is 1350. The topological polar surface area (TPSA) is 176 Å². The fourth-order valence-corrected chi connectivity index (χ4v) is 5.35. The predicted octanol–water partition coefficient (Wildman–Crippen LogP) is 1.08. The van der Waals surface area contributed by atoms with Crippen molar-refractivity contribution < 1.29 is 38.7 Å². The van der Waals surface area contributed by atoms with Crippen molar-refractivity contribution in [2.75, 3.05) is 17.7 Å². The number of fused-ring (bicyclic) bond motifs is 1. The Morgan fingerprint density at radius 2 is 1.97 bits per heavy atom. The highest BCUT2D eigenvalue weighted by Crippen LogP contribution is 2.44. The lowest BCUT2D eigenvalue weighted by molar-refractivity contribution is -0.150. The van der Waals surface area contributed by atoms with E-state index in [9.17, 15) is 28.9 Å². The van der Waals surface area contributed by atoms with E-state index in [0.717, 1.165) is 12.5 Å². The number of carboxylic acid groups (broad SMARTS) is 1. The molecule has 0 radical (unpaired) electrons. The van der Waals surface area contributed by atoms with Gasteiger partial charge in [-0.3, -0.25) is 0 Å². The predicted molar refractivity (Wildman–Crippen MR) is 130 cm³/mol. The number of nitrogens with zero attached hydrogens (tertiary/aromatic N) is 5. The van der Waals surface area contributed by atoms with E-state index in [0.29, 0.717) is 28.7 Å². The Hall–Kier alpha value is -2.98. The van der Waals surface area contributed by atoms with Gasteiger partial charge in [-0.2, -0.15) is 0 Å². The minimum Gasteiger partial charge on any atom is -0.480 e. The first-order valence-electron chi connectivity index (χ1n) is 12.0. The molecule has 12 nitrogen and oxygen atoms in total. The van der Waals surface area contributed by atoms with Crippen LogP contribution in [0.4, 0.5) is 14.6 Å². The molecule has 7 atom stereocenters. The molecule has 2 fully saturated rings. The number of aliphatic carboxylic acids is 1. The second kappa shape index (κ2) is 10.6. The molecule has 2 saturated carbocycles. The number of aliphatic hydroxyl groups is 3. The summed E-state index contributed by atoms with van der Waals surface area (Å²) in [6, 6.07) is 2.44. The lowest BCUT2D eigenvalue weighted by Crippen LogP contribution is -2.36. The van der Waals surface area contributed by atoms with Gasteiger partial charge in [0, 0.05) is 17.7 Å². The van der Waals surface area contributed by atoms with E-state index in [2.05, 4.69) is 25.6 Å². The highest BCUT2D eigenvalue weighted by Gasteiger charge is 2.52. The van der Waals surface area contributed by atoms with Gasteiger partial charge in [-0.1, -0.05) is 30.0 Å². The lowest BCUT2D eigenvalue weighted by Gasteiger charge is -2.20. The molecule has 2 aromatic heterocycles. The maximum absolute atomic E-state index is 13.7. The van der Waals surface area contributed by atoms with Crippen molar-refractivity contribution in [1.82, 2.24) is 25.0 Å². The number of carboxylic acids is 1. The van der Waals surface area contributed by atoms with Gasteiger partial charge < -0.3 is 30.5 Å². The molecule has 5 rings (SSSR count). The Kier molecular flexibility index (Phi) is 7.46. The van der Waals surface area contributed by atoms with E-state index in [1.165, 1.54) is 28.6 Å². The molecule has 38 heavy (non-hydrogen) atoms. The molecule has 0 spiro atoms. The fraction of sp³-hybridized carbons (Fsp3) is 0.522. The molecule has 2 aliphatic rings. The number of halogens is 2. The minimum atomic E-state index is -1.58. The fourth-order valence-electron chi connectivity index (χ4n) is 4.66. The average Bonchev–Trinajstić information content (AvgIpc) is 3.46. The van der Waals surface area contributed by atoms with Crippen molar-refractivity contribution >= 4 is 34.7 Å². The summed E-state index contributed by atoms with van der Waals surface area (Å²) < 4.78 is 33.4. The van der Waals surface area contributed by atoms with Crippen molar-refractivity contribution in [3.63, 3.8) is 0 Å². The molecule has 5 N–H and O–H groups in total. The maximum atomic E-state index is 13.7. The van der Waals surface area contributed by atoms with Crippen LogP contribution in [0.25, 0.3) is 11.2 Å². The van der Waals surface area contributed by atoms with Crippen LogP contribution in [0, 0.1) is 11.6 Å². The smallest absolute Gasteiger partial charge is 0.329 e. The van der Waals surface area contributed by atoms with E-state index in [1.54, 1.807) is 0 Å². The summed E-state index contributed by atoms with van der Waals surface area (Å²) in [7, 11) is 0. The zero-order valence-corrected chi connectivity index (χ0v) is 20.9. The minimum absolute atomic E-state index is 0.0716. The number of benzene rings is 1.